The van der Waals surface area contributed by atoms with Gasteiger partial charge in [-0.2, -0.15) is 0 Å². The Morgan fingerprint density at radius 1 is 1.42 bits per heavy atom. The van der Waals surface area contributed by atoms with E-state index in [0.29, 0.717) is 11.3 Å². The molecule has 1 spiro atoms. The predicted octanol–water partition coefficient (Wildman–Crippen LogP) is 1.33. The van der Waals surface area contributed by atoms with Crippen LogP contribution in [0, 0.1) is 11.3 Å². The molecule has 0 aromatic rings. The van der Waals surface area contributed by atoms with E-state index in [1.165, 1.54) is 12.8 Å². The first-order valence-electron chi connectivity index (χ1n) is 5.00. The van der Waals surface area contributed by atoms with Crippen molar-refractivity contribution < 1.29 is 9.84 Å². The maximum absolute atomic E-state index is 9.70. The first-order valence-corrected chi connectivity index (χ1v) is 5.00. The van der Waals surface area contributed by atoms with Gasteiger partial charge in [0.2, 0.25) is 0 Å². The lowest BCUT2D eigenvalue weighted by atomic mass is 9.52. The Labute approximate surface area is 72.9 Å². The maximum Gasteiger partial charge on any atom is 0.0790 e. The van der Waals surface area contributed by atoms with E-state index in [0.717, 1.165) is 19.4 Å². The van der Waals surface area contributed by atoms with Crippen LogP contribution in [-0.4, -0.2) is 23.4 Å². The van der Waals surface area contributed by atoms with Gasteiger partial charge >= 0.3 is 0 Å². The van der Waals surface area contributed by atoms with Gasteiger partial charge in [0, 0.05) is 12.5 Å². The summed E-state index contributed by atoms with van der Waals surface area (Å²) in [6.07, 6.45) is 4.37. The summed E-state index contributed by atoms with van der Waals surface area (Å²) in [7, 11) is 0. The summed E-state index contributed by atoms with van der Waals surface area (Å²) in [5.74, 6) is 0.463. The third kappa shape index (κ3) is 0.549. The van der Waals surface area contributed by atoms with Crippen LogP contribution >= 0.6 is 0 Å². The first kappa shape index (κ1) is 7.34. The van der Waals surface area contributed by atoms with Gasteiger partial charge in [-0.25, -0.2) is 0 Å². The normalized spacial score (nSPS) is 62.5. The molecule has 1 aliphatic heterocycles. The van der Waals surface area contributed by atoms with E-state index in [-0.39, 0.29) is 11.7 Å². The van der Waals surface area contributed by atoms with Crippen LogP contribution in [0.5, 0.6) is 0 Å². The molecule has 1 N–H and O–H groups in total. The van der Waals surface area contributed by atoms with Gasteiger partial charge in [0.25, 0.3) is 0 Å². The molecule has 2 aliphatic carbocycles. The van der Waals surface area contributed by atoms with Gasteiger partial charge in [-0.3, -0.25) is 0 Å². The number of rotatable bonds is 0. The summed E-state index contributed by atoms with van der Waals surface area (Å²) in [4.78, 5) is 0. The zero-order chi connectivity index (χ0) is 8.40. The Hall–Kier alpha value is -0.0800. The lowest BCUT2D eigenvalue weighted by Crippen LogP contribution is -2.59. The van der Waals surface area contributed by atoms with Crippen molar-refractivity contribution in [2.24, 2.45) is 11.3 Å². The lowest BCUT2D eigenvalue weighted by molar-refractivity contribution is -0.182. The smallest absolute Gasteiger partial charge is 0.0790 e. The van der Waals surface area contributed by atoms with Gasteiger partial charge in [-0.05, 0) is 31.1 Å². The fraction of sp³-hybridized carbons (Fsp3) is 1.00. The van der Waals surface area contributed by atoms with E-state index in [9.17, 15) is 5.11 Å². The minimum absolute atomic E-state index is 0.0730. The Kier molecular flexibility index (Phi) is 1.15. The second kappa shape index (κ2) is 1.88. The number of aliphatic hydroxyl groups is 1. The van der Waals surface area contributed by atoms with Crippen LogP contribution in [0.3, 0.4) is 0 Å². The maximum atomic E-state index is 9.70. The van der Waals surface area contributed by atoms with Crippen molar-refractivity contribution in [2.45, 2.75) is 44.3 Å². The minimum Gasteiger partial charge on any atom is -0.393 e. The fourth-order valence-corrected chi connectivity index (χ4v) is 3.76. The molecule has 3 fully saturated rings. The highest BCUT2D eigenvalue weighted by molar-refractivity contribution is 5.20. The quantitative estimate of drug-likeness (QED) is 0.591. The molecule has 1 heterocycles. The van der Waals surface area contributed by atoms with Gasteiger partial charge in [-0.1, -0.05) is 6.92 Å². The number of ether oxygens (including phenoxy) is 1. The predicted molar refractivity (Wildman–Crippen MR) is 44.8 cm³/mol. The third-order valence-electron chi connectivity index (χ3n) is 4.58. The van der Waals surface area contributed by atoms with E-state index in [2.05, 4.69) is 6.92 Å². The second-order valence-electron chi connectivity index (χ2n) is 4.97. The van der Waals surface area contributed by atoms with E-state index in [4.69, 9.17) is 4.74 Å². The molecule has 2 saturated carbocycles. The third-order valence-corrected chi connectivity index (χ3v) is 4.58. The van der Waals surface area contributed by atoms with E-state index < -0.39 is 0 Å². The Morgan fingerprint density at radius 3 is 2.92 bits per heavy atom. The molecule has 2 nitrogen and oxygen atoms in total. The van der Waals surface area contributed by atoms with Crippen LogP contribution < -0.4 is 0 Å². The zero-order valence-electron chi connectivity index (χ0n) is 7.55. The number of aliphatic hydroxyl groups excluding tert-OH is 1. The van der Waals surface area contributed by atoms with Crippen molar-refractivity contribution in [1.82, 2.24) is 0 Å². The van der Waals surface area contributed by atoms with Crippen molar-refractivity contribution in [2.75, 3.05) is 6.61 Å². The second-order valence-corrected chi connectivity index (χ2v) is 4.97. The first-order chi connectivity index (χ1) is 5.68. The van der Waals surface area contributed by atoms with Gasteiger partial charge in [-0.15, -0.1) is 0 Å². The van der Waals surface area contributed by atoms with E-state index in [1.54, 1.807) is 0 Å². The molecular weight excluding hydrogens is 152 g/mol. The van der Waals surface area contributed by atoms with E-state index in [1.807, 2.05) is 0 Å². The topological polar surface area (TPSA) is 29.5 Å². The minimum atomic E-state index is -0.0730. The Balaban J connectivity index is 1.98. The monoisotopic (exact) mass is 168 g/mol. The van der Waals surface area contributed by atoms with E-state index >= 15 is 0 Å². The standard InChI is InChI=1S/C10H16O2/c1-9-4-5-12-10(9)3-2-8(11)7(10)6-9/h7-8,11H,2-6H2,1H3/t7-,8-,9+,10+/m1/s1. The summed E-state index contributed by atoms with van der Waals surface area (Å²) >= 11 is 0. The van der Waals surface area contributed by atoms with Crippen LogP contribution in [0.2, 0.25) is 0 Å². The van der Waals surface area contributed by atoms with Crippen LogP contribution in [0.4, 0.5) is 0 Å². The van der Waals surface area contributed by atoms with Crippen molar-refractivity contribution in [1.29, 1.82) is 0 Å². The van der Waals surface area contributed by atoms with Gasteiger partial charge in [0.05, 0.1) is 11.7 Å². The molecule has 3 aliphatic rings. The largest absolute Gasteiger partial charge is 0.393 e. The lowest BCUT2D eigenvalue weighted by Gasteiger charge is -2.55. The molecule has 0 aromatic heterocycles. The number of hydrogen-bond acceptors (Lipinski definition) is 2. The Morgan fingerprint density at radius 2 is 2.25 bits per heavy atom. The van der Waals surface area contributed by atoms with Gasteiger partial charge in [0.15, 0.2) is 0 Å². The average molecular weight is 168 g/mol. The van der Waals surface area contributed by atoms with Crippen LogP contribution in [0.25, 0.3) is 0 Å². The molecule has 0 aromatic carbocycles. The van der Waals surface area contributed by atoms with Crippen molar-refractivity contribution in [3.8, 4) is 0 Å². The van der Waals surface area contributed by atoms with Crippen LogP contribution in [0.1, 0.15) is 32.6 Å². The molecule has 0 radical (unpaired) electrons. The molecule has 4 atom stereocenters. The van der Waals surface area contributed by atoms with Gasteiger partial charge < -0.3 is 9.84 Å². The molecule has 0 unspecified atom stereocenters. The van der Waals surface area contributed by atoms with Crippen molar-refractivity contribution >= 4 is 0 Å². The molecule has 1 saturated heterocycles. The van der Waals surface area contributed by atoms with Crippen molar-refractivity contribution in [3.05, 3.63) is 0 Å². The molecule has 0 bridgehead atoms. The highest BCUT2D eigenvalue weighted by Gasteiger charge is 2.70. The summed E-state index contributed by atoms with van der Waals surface area (Å²) in [6.45, 7) is 3.24. The molecule has 2 heteroatoms. The zero-order valence-corrected chi connectivity index (χ0v) is 7.55. The molecule has 3 rings (SSSR count). The van der Waals surface area contributed by atoms with Crippen molar-refractivity contribution in [3.63, 3.8) is 0 Å². The summed E-state index contributed by atoms with van der Waals surface area (Å²) < 4.78 is 5.88. The molecule has 12 heavy (non-hydrogen) atoms. The van der Waals surface area contributed by atoms with Crippen LogP contribution in [-0.2, 0) is 4.74 Å². The SMILES string of the molecule is C[C@@]12CCO[C@]13CC[C@@H](O)[C@H]3C2. The Bertz CT molecular complexity index is 228. The van der Waals surface area contributed by atoms with Crippen LogP contribution in [0.15, 0.2) is 0 Å². The summed E-state index contributed by atoms with van der Waals surface area (Å²) in [6, 6.07) is 0. The molecular formula is C10H16O2. The molecule has 0 amide bonds. The van der Waals surface area contributed by atoms with Gasteiger partial charge in [0.1, 0.15) is 0 Å². The summed E-state index contributed by atoms with van der Waals surface area (Å²) in [5.41, 5.74) is 0.515. The fourth-order valence-electron chi connectivity index (χ4n) is 3.76. The highest BCUT2D eigenvalue weighted by atomic mass is 16.5. The summed E-state index contributed by atoms with van der Waals surface area (Å²) in [5, 5.41) is 9.70. The number of hydrogen-bond donors (Lipinski definition) is 1. The highest BCUT2D eigenvalue weighted by Crippen LogP contribution is 2.68. The molecule has 68 valence electrons. The average Bonchev–Trinajstić information content (AvgIpc) is 2.41.